The van der Waals surface area contributed by atoms with Gasteiger partial charge in [-0.1, -0.05) is 11.6 Å². The molecule has 0 aromatic heterocycles. The number of hydrogen-bond donors (Lipinski definition) is 1. The van der Waals surface area contributed by atoms with E-state index in [1.165, 1.54) is 5.57 Å². The number of nitrogens with zero attached hydrogens (tertiary/aromatic N) is 1. The first-order valence-electron chi connectivity index (χ1n) is 5.34. The van der Waals surface area contributed by atoms with E-state index in [0.29, 0.717) is 13.0 Å². The Morgan fingerprint density at radius 1 is 1.73 bits per heavy atom. The molecule has 0 saturated heterocycles. The number of carbonyl (C=O) groups is 1. The van der Waals surface area contributed by atoms with Gasteiger partial charge in [-0.15, -0.1) is 0 Å². The molecule has 0 aromatic rings. The minimum absolute atomic E-state index is 0.0412. The average molecular weight is 212 g/mol. The number of carbonyl (C=O) groups excluding carboxylic acids is 1. The van der Waals surface area contributed by atoms with Crippen molar-refractivity contribution in [2.75, 3.05) is 26.8 Å². The van der Waals surface area contributed by atoms with Crippen LogP contribution >= 0.6 is 0 Å². The van der Waals surface area contributed by atoms with Gasteiger partial charge in [0.05, 0.1) is 6.04 Å². The summed E-state index contributed by atoms with van der Waals surface area (Å²) in [6.45, 7) is 4.09. The smallest absolute Gasteiger partial charge is 0.239 e. The summed E-state index contributed by atoms with van der Waals surface area (Å²) in [4.78, 5) is 13.7. The van der Waals surface area contributed by atoms with Crippen LogP contribution < -0.4 is 5.73 Å². The Labute approximate surface area is 91.1 Å². The van der Waals surface area contributed by atoms with Gasteiger partial charge in [-0.3, -0.25) is 4.79 Å². The molecule has 1 atom stereocenters. The topological polar surface area (TPSA) is 55.6 Å². The zero-order valence-corrected chi connectivity index (χ0v) is 9.53. The molecule has 1 aliphatic rings. The second-order valence-corrected chi connectivity index (χ2v) is 3.99. The number of rotatable bonds is 4. The number of methoxy groups -OCH3 is 1. The third-order valence-electron chi connectivity index (χ3n) is 2.59. The Morgan fingerprint density at radius 3 is 3.07 bits per heavy atom. The van der Waals surface area contributed by atoms with Crippen molar-refractivity contribution in [3.8, 4) is 0 Å². The van der Waals surface area contributed by atoms with E-state index in [1.54, 1.807) is 7.11 Å². The normalized spacial score (nSPS) is 18.6. The first-order valence-corrected chi connectivity index (χ1v) is 5.34. The first-order chi connectivity index (χ1) is 7.15. The lowest BCUT2D eigenvalue weighted by molar-refractivity contribution is -0.132. The molecule has 1 rings (SSSR count). The standard InChI is InChI=1S/C11H20N2O2/c1-9-4-3-6-13(8-9)11(14)10(12)5-7-15-2/h4,10H,3,5-8,12H2,1-2H3. The van der Waals surface area contributed by atoms with Gasteiger partial charge in [-0.2, -0.15) is 0 Å². The van der Waals surface area contributed by atoms with Crippen LogP contribution in [0.15, 0.2) is 11.6 Å². The van der Waals surface area contributed by atoms with Crippen molar-refractivity contribution in [3.63, 3.8) is 0 Å². The fraction of sp³-hybridized carbons (Fsp3) is 0.727. The zero-order chi connectivity index (χ0) is 11.3. The molecule has 0 radical (unpaired) electrons. The van der Waals surface area contributed by atoms with Crippen LogP contribution in [-0.4, -0.2) is 43.7 Å². The molecular formula is C11H20N2O2. The van der Waals surface area contributed by atoms with Crippen LogP contribution in [0.5, 0.6) is 0 Å². The molecule has 1 heterocycles. The van der Waals surface area contributed by atoms with Crippen molar-refractivity contribution in [3.05, 3.63) is 11.6 Å². The van der Waals surface area contributed by atoms with E-state index < -0.39 is 6.04 Å². The molecule has 0 aromatic carbocycles. The lowest BCUT2D eigenvalue weighted by atomic mass is 10.1. The molecule has 1 aliphatic heterocycles. The van der Waals surface area contributed by atoms with Crippen LogP contribution in [0.3, 0.4) is 0 Å². The van der Waals surface area contributed by atoms with Gasteiger partial charge in [-0.25, -0.2) is 0 Å². The minimum atomic E-state index is -0.421. The molecular weight excluding hydrogens is 192 g/mol. The minimum Gasteiger partial charge on any atom is -0.385 e. The highest BCUT2D eigenvalue weighted by molar-refractivity contribution is 5.82. The van der Waals surface area contributed by atoms with E-state index in [4.69, 9.17) is 10.5 Å². The second kappa shape index (κ2) is 5.88. The van der Waals surface area contributed by atoms with Gasteiger partial charge in [0.2, 0.25) is 5.91 Å². The highest BCUT2D eigenvalue weighted by Gasteiger charge is 2.21. The molecule has 0 aliphatic carbocycles. The van der Waals surface area contributed by atoms with Crippen LogP contribution in [0.2, 0.25) is 0 Å². The molecule has 2 N–H and O–H groups in total. The van der Waals surface area contributed by atoms with E-state index in [-0.39, 0.29) is 5.91 Å². The van der Waals surface area contributed by atoms with Crippen molar-refractivity contribution in [1.29, 1.82) is 0 Å². The lowest BCUT2D eigenvalue weighted by Crippen LogP contribution is -2.46. The maximum atomic E-state index is 11.9. The molecule has 4 nitrogen and oxygen atoms in total. The Kier molecular flexibility index (Phi) is 4.78. The number of hydrogen-bond acceptors (Lipinski definition) is 3. The van der Waals surface area contributed by atoms with Gasteiger partial charge in [0, 0.05) is 26.8 Å². The molecule has 0 saturated carbocycles. The first kappa shape index (κ1) is 12.2. The van der Waals surface area contributed by atoms with Crippen LogP contribution in [0.4, 0.5) is 0 Å². The fourth-order valence-corrected chi connectivity index (χ4v) is 1.70. The summed E-state index contributed by atoms with van der Waals surface area (Å²) in [5, 5.41) is 0. The van der Waals surface area contributed by atoms with Crippen LogP contribution in [0, 0.1) is 0 Å². The average Bonchev–Trinajstić information content (AvgIpc) is 2.24. The molecule has 15 heavy (non-hydrogen) atoms. The van der Waals surface area contributed by atoms with Crippen LogP contribution in [0.1, 0.15) is 19.8 Å². The van der Waals surface area contributed by atoms with E-state index in [9.17, 15) is 4.79 Å². The van der Waals surface area contributed by atoms with E-state index >= 15 is 0 Å². The van der Waals surface area contributed by atoms with E-state index in [2.05, 4.69) is 6.08 Å². The second-order valence-electron chi connectivity index (χ2n) is 3.99. The van der Waals surface area contributed by atoms with Gasteiger partial charge in [0.25, 0.3) is 0 Å². The Morgan fingerprint density at radius 2 is 2.47 bits per heavy atom. The summed E-state index contributed by atoms with van der Waals surface area (Å²) in [7, 11) is 1.62. The highest BCUT2D eigenvalue weighted by Crippen LogP contribution is 2.10. The number of ether oxygens (including phenoxy) is 1. The van der Waals surface area contributed by atoms with E-state index in [1.807, 2.05) is 11.8 Å². The molecule has 0 spiro atoms. The highest BCUT2D eigenvalue weighted by atomic mass is 16.5. The van der Waals surface area contributed by atoms with Gasteiger partial charge in [-0.05, 0) is 19.8 Å². The molecule has 4 heteroatoms. The van der Waals surface area contributed by atoms with Crippen LogP contribution in [-0.2, 0) is 9.53 Å². The molecule has 0 bridgehead atoms. The lowest BCUT2D eigenvalue weighted by Gasteiger charge is -2.28. The van der Waals surface area contributed by atoms with Gasteiger partial charge in [0.1, 0.15) is 0 Å². The maximum Gasteiger partial charge on any atom is 0.239 e. The van der Waals surface area contributed by atoms with Gasteiger partial charge >= 0.3 is 0 Å². The Balaban J connectivity index is 2.42. The molecule has 0 fully saturated rings. The van der Waals surface area contributed by atoms with E-state index in [0.717, 1.165) is 19.5 Å². The van der Waals surface area contributed by atoms with Gasteiger partial charge in [0.15, 0.2) is 0 Å². The largest absolute Gasteiger partial charge is 0.385 e. The molecule has 86 valence electrons. The summed E-state index contributed by atoms with van der Waals surface area (Å²) in [6.07, 6.45) is 3.70. The predicted octanol–water partition coefficient (Wildman–Crippen LogP) is 0.529. The summed E-state index contributed by atoms with van der Waals surface area (Å²) in [5.74, 6) is 0.0412. The zero-order valence-electron chi connectivity index (χ0n) is 9.53. The quantitative estimate of drug-likeness (QED) is 0.692. The third kappa shape index (κ3) is 3.64. The SMILES string of the molecule is COCCC(N)C(=O)N1CCC=C(C)C1. The van der Waals surface area contributed by atoms with Crippen molar-refractivity contribution < 1.29 is 9.53 Å². The van der Waals surface area contributed by atoms with Crippen LogP contribution in [0.25, 0.3) is 0 Å². The number of nitrogens with two attached hydrogens (primary N) is 1. The summed E-state index contributed by atoms with van der Waals surface area (Å²) >= 11 is 0. The summed E-state index contributed by atoms with van der Waals surface area (Å²) in [5.41, 5.74) is 7.03. The maximum absolute atomic E-state index is 11.9. The van der Waals surface area contributed by atoms with Gasteiger partial charge < -0.3 is 15.4 Å². The Bertz CT molecular complexity index is 251. The predicted molar refractivity (Wildman–Crippen MR) is 59.4 cm³/mol. The van der Waals surface area contributed by atoms with Crippen molar-refractivity contribution in [2.24, 2.45) is 5.73 Å². The summed E-state index contributed by atoms with van der Waals surface area (Å²) in [6, 6.07) is -0.421. The third-order valence-corrected chi connectivity index (χ3v) is 2.59. The Hall–Kier alpha value is -0.870. The van der Waals surface area contributed by atoms with Crippen molar-refractivity contribution in [1.82, 2.24) is 4.90 Å². The fourth-order valence-electron chi connectivity index (χ4n) is 1.70. The number of amides is 1. The monoisotopic (exact) mass is 212 g/mol. The van der Waals surface area contributed by atoms with Crippen molar-refractivity contribution >= 4 is 5.91 Å². The molecule has 1 unspecified atom stereocenters. The molecule has 1 amide bonds. The summed E-state index contributed by atoms with van der Waals surface area (Å²) < 4.78 is 4.91. The van der Waals surface area contributed by atoms with Crippen molar-refractivity contribution in [2.45, 2.75) is 25.8 Å².